The highest BCUT2D eigenvalue weighted by molar-refractivity contribution is 9.09. The van der Waals surface area contributed by atoms with Gasteiger partial charge in [0.05, 0.1) is 34.7 Å². The highest BCUT2D eigenvalue weighted by Crippen LogP contribution is 2.68. The van der Waals surface area contributed by atoms with Crippen molar-refractivity contribution in [3.05, 3.63) is 49.6 Å². The molecule has 0 aliphatic carbocycles. The van der Waals surface area contributed by atoms with Crippen molar-refractivity contribution in [3.8, 4) is 0 Å². The van der Waals surface area contributed by atoms with Crippen LogP contribution >= 0.6 is 27.7 Å². The van der Waals surface area contributed by atoms with E-state index in [1.165, 1.54) is 0 Å². The quantitative estimate of drug-likeness (QED) is 0.257. The van der Waals surface area contributed by atoms with Gasteiger partial charge in [0.2, 0.25) is 17.7 Å². The number of hydrogen-bond donors (Lipinski definition) is 1. The number of carbonyl (C=O) groups excluding carboxylic acids is 3. The smallest absolute Gasteiger partial charge is 0.248 e. The number of thioether (sulfide) groups is 1. The van der Waals surface area contributed by atoms with Crippen LogP contribution in [0.3, 0.4) is 0 Å². The lowest BCUT2D eigenvalue weighted by Gasteiger charge is -2.40. The van der Waals surface area contributed by atoms with Gasteiger partial charge in [0.15, 0.2) is 0 Å². The summed E-state index contributed by atoms with van der Waals surface area (Å²) in [6.07, 6.45) is 4.73. The Morgan fingerprint density at radius 1 is 1.21 bits per heavy atom. The first kappa shape index (κ1) is 31.7. The predicted molar refractivity (Wildman–Crippen MR) is 171 cm³/mol. The number of aromatic nitrogens is 3. The van der Waals surface area contributed by atoms with E-state index in [1.807, 2.05) is 45.0 Å². The van der Waals surface area contributed by atoms with Gasteiger partial charge in [-0.05, 0) is 30.9 Å². The average molecular weight is 674 g/mol. The molecule has 12 heteroatoms. The van der Waals surface area contributed by atoms with Gasteiger partial charge in [0.1, 0.15) is 18.2 Å². The fraction of sp³-hybridized carbons (Fsp3) is 0.581. The van der Waals surface area contributed by atoms with Crippen molar-refractivity contribution >= 4 is 56.4 Å². The Bertz CT molecular complexity index is 1400. The number of hydrogen-bond acceptors (Lipinski definition) is 7. The third kappa shape index (κ3) is 5.22. The number of alkyl halides is 1. The number of carbonyl (C=O) groups is 3. The normalized spacial score (nSPS) is 28.4. The molecule has 3 aliphatic heterocycles. The Morgan fingerprint density at radius 3 is 2.56 bits per heavy atom. The molecule has 0 radical (unpaired) electrons. The number of para-hydroxylation sites is 1. The van der Waals surface area contributed by atoms with Gasteiger partial charge in [-0.3, -0.25) is 14.4 Å². The molecule has 3 aliphatic rings. The van der Waals surface area contributed by atoms with Crippen molar-refractivity contribution in [2.24, 2.45) is 17.8 Å². The van der Waals surface area contributed by atoms with Crippen LogP contribution in [0.1, 0.15) is 33.6 Å². The van der Waals surface area contributed by atoms with Crippen LogP contribution < -0.4 is 0 Å². The summed E-state index contributed by atoms with van der Waals surface area (Å²) >= 11 is 5.46. The van der Waals surface area contributed by atoms with E-state index >= 15 is 0 Å². The molecule has 5 rings (SSSR count). The zero-order valence-corrected chi connectivity index (χ0v) is 27.4. The maximum atomic E-state index is 14.8. The molecule has 3 unspecified atom stereocenters. The third-order valence-electron chi connectivity index (χ3n) is 9.10. The lowest BCUT2D eigenvalue weighted by atomic mass is 9.70. The molecule has 1 spiro atoms. The highest BCUT2D eigenvalue weighted by atomic mass is 79.9. The highest BCUT2D eigenvalue weighted by Gasteiger charge is 2.76. The predicted octanol–water partition coefficient (Wildman–Crippen LogP) is 3.31. The summed E-state index contributed by atoms with van der Waals surface area (Å²) in [5.74, 6) is -1.90. The molecule has 4 heterocycles. The second-order valence-corrected chi connectivity index (χ2v) is 14.8. The Kier molecular flexibility index (Phi) is 9.39. The van der Waals surface area contributed by atoms with Gasteiger partial charge in [-0.1, -0.05) is 66.2 Å². The van der Waals surface area contributed by atoms with Crippen LogP contribution in [0, 0.1) is 17.8 Å². The summed E-state index contributed by atoms with van der Waals surface area (Å²) in [6.45, 7) is 14.7. The fourth-order valence-corrected chi connectivity index (χ4v) is 10.9. The average Bonchev–Trinajstić information content (AvgIpc) is 3.70. The Labute approximate surface area is 265 Å². The van der Waals surface area contributed by atoms with Crippen LogP contribution in [-0.2, 0) is 21.1 Å². The zero-order chi connectivity index (χ0) is 31.1. The van der Waals surface area contributed by atoms with Gasteiger partial charge in [-0.2, -0.15) is 0 Å². The number of halogens is 1. The van der Waals surface area contributed by atoms with Crippen LogP contribution in [0.4, 0.5) is 0 Å². The first-order valence-electron chi connectivity index (χ1n) is 15.0. The van der Waals surface area contributed by atoms with E-state index in [2.05, 4.69) is 39.4 Å². The molecule has 7 atom stereocenters. The number of rotatable bonds is 13. The van der Waals surface area contributed by atoms with Gasteiger partial charge in [0.25, 0.3) is 0 Å². The summed E-state index contributed by atoms with van der Waals surface area (Å²) in [7, 11) is 0. The molecule has 3 saturated heterocycles. The van der Waals surface area contributed by atoms with Gasteiger partial charge in [-0.15, -0.1) is 30.0 Å². The molecule has 1 N–H and O–H groups in total. The molecular weight excluding hydrogens is 632 g/mol. The number of aliphatic hydroxyl groups is 1. The summed E-state index contributed by atoms with van der Waals surface area (Å²) in [6, 6.07) is 6.10. The third-order valence-corrected chi connectivity index (χ3v) is 12.3. The van der Waals surface area contributed by atoms with Gasteiger partial charge < -0.3 is 19.8 Å². The molecule has 232 valence electrons. The van der Waals surface area contributed by atoms with E-state index in [1.54, 1.807) is 43.3 Å². The summed E-state index contributed by atoms with van der Waals surface area (Å²) in [5.41, 5.74) is 1.50. The standard InChI is InChI=1S/C31H41BrN6O4S/c1-6-13-35(14-7-2)28(40)24-25-29(41)38(23(17-39)19(4)5)27(31(25)16-20(32)26(24)43-31)30(42)36(15-8-3)18-37-22-12-10-9-11-21(22)33-34-37/h6,8-12,19-20,23-27,39H,1,3,7,13-18H2,2,4-5H3/t20?,23-,24-,25-,26-,27?,31?/m0/s1. The van der Waals surface area contributed by atoms with E-state index in [4.69, 9.17) is 0 Å². The van der Waals surface area contributed by atoms with Crippen LogP contribution in [0.2, 0.25) is 0 Å². The molecule has 3 fully saturated rings. The molecule has 3 amide bonds. The fourth-order valence-electron chi connectivity index (χ4n) is 7.26. The first-order chi connectivity index (χ1) is 20.6. The number of fused-ring (bicyclic) bond motifs is 2. The van der Waals surface area contributed by atoms with Crippen molar-refractivity contribution in [2.75, 3.05) is 26.2 Å². The molecule has 2 aromatic rings. The van der Waals surface area contributed by atoms with E-state index in [0.717, 1.165) is 17.5 Å². The Morgan fingerprint density at radius 2 is 1.91 bits per heavy atom. The largest absolute Gasteiger partial charge is 0.394 e. The number of nitrogens with zero attached hydrogens (tertiary/aromatic N) is 6. The first-order valence-corrected chi connectivity index (χ1v) is 16.8. The minimum Gasteiger partial charge on any atom is -0.394 e. The van der Waals surface area contributed by atoms with E-state index in [9.17, 15) is 19.5 Å². The maximum absolute atomic E-state index is 14.8. The van der Waals surface area contributed by atoms with Crippen molar-refractivity contribution in [2.45, 2.75) is 67.2 Å². The Balaban J connectivity index is 1.59. The molecule has 43 heavy (non-hydrogen) atoms. The maximum Gasteiger partial charge on any atom is 0.248 e. The molecule has 10 nitrogen and oxygen atoms in total. The summed E-state index contributed by atoms with van der Waals surface area (Å²) < 4.78 is 0.849. The van der Waals surface area contributed by atoms with E-state index in [-0.39, 0.29) is 53.5 Å². The van der Waals surface area contributed by atoms with E-state index in [0.29, 0.717) is 19.5 Å². The van der Waals surface area contributed by atoms with Crippen molar-refractivity contribution in [3.63, 3.8) is 0 Å². The summed E-state index contributed by atoms with van der Waals surface area (Å²) in [5, 5.41) is 19.0. The number of aliphatic hydroxyl groups excluding tert-OH is 1. The summed E-state index contributed by atoms with van der Waals surface area (Å²) in [4.78, 5) is 48.6. The molecule has 1 aromatic heterocycles. The van der Waals surface area contributed by atoms with Crippen LogP contribution in [-0.4, -0.2) is 106 Å². The van der Waals surface area contributed by atoms with Gasteiger partial charge in [-0.25, -0.2) is 4.68 Å². The zero-order valence-electron chi connectivity index (χ0n) is 25.0. The van der Waals surface area contributed by atoms with Gasteiger partial charge >= 0.3 is 0 Å². The minimum atomic E-state index is -0.869. The van der Waals surface area contributed by atoms with E-state index < -0.39 is 28.7 Å². The van der Waals surface area contributed by atoms with Crippen molar-refractivity contribution in [1.29, 1.82) is 0 Å². The van der Waals surface area contributed by atoms with Crippen molar-refractivity contribution in [1.82, 2.24) is 29.7 Å². The number of amides is 3. The van der Waals surface area contributed by atoms with Gasteiger partial charge in [0, 0.05) is 29.7 Å². The van der Waals surface area contributed by atoms with Crippen LogP contribution in [0.15, 0.2) is 49.6 Å². The number of likely N-dealkylation sites (tertiary alicyclic amines) is 1. The molecular formula is C31H41BrN6O4S. The van der Waals surface area contributed by atoms with Crippen LogP contribution in [0.25, 0.3) is 11.0 Å². The SMILES string of the molecule is C=CCN(Cn1nnc2ccccc21)C(=O)C1N([C@@H](CO)C(C)C)C(=O)[C@@H]2[C@H](C(=O)N(CC=C)CCC)[C@H]3SC12CC3Br. The lowest BCUT2D eigenvalue weighted by molar-refractivity contribution is -0.148. The second-order valence-electron chi connectivity index (χ2n) is 12.0. The van der Waals surface area contributed by atoms with Crippen LogP contribution in [0.5, 0.6) is 0 Å². The lowest BCUT2D eigenvalue weighted by Crippen LogP contribution is -2.59. The monoisotopic (exact) mass is 672 g/mol. The topological polar surface area (TPSA) is 112 Å². The molecule has 2 bridgehead atoms. The number of benzene rings is 1. The molecule has 1 aromatic carbocycles. The second kappa shape index (κ2) is 12.7. The Hall–Kier alpha value is -2.70. The van der Waals surface area contributed by atoms with Crippen molar-refractivity contribution < 1.29 is 19.5 Å². The molecule has 0 saturated carbocycles. The minimum absolute atomic E-state index is 0.0447.